The quantitative estimate of drug-likeness (QED) is 0.837. The van der Waals surface area contributed by atoms with Crippen molar-refractivity contribution in [1.82, 2.24) is 19.9 Å². The summed E-state index contributed by atoms with van der Waals surface area (Å²) in [5.74, 6) is 0.940. The molecule has 0 N–H and O–H groups in total. The number of anilines is 1. The highest BCUT2D eigenvalue weighted by Crippen LogP contribution is 2.14. The second kappa shape index (κ2) is 6.29. The molecule has 0 aliphatic carbocycles. The molecular weight excluding hydrogens is 264 g/mol. The molecule has 0 atom stereocenters. The van der Waals surface area contributed by atoms with Gasteiger partial charge in [-0.05, 0) is 18.2 Å². The van der Waals surface area contributed by atoms with Crippen molar-refractivity contribution in [2.75, 3.05) is 31.1 Å². The molecule has 6 heteroatoms. The average Bonchev–Trinajstić information content (AvgIpc) is 2.57. The zero-order valence-corrected chi connectivity index (χ0v) is 11.7. The van der Waals surface area contributed by atoms with Gasteiger partial charge in [0.05, 0.1) is 11.3 Å². The van der Waals surface area contributed by atoms with Crippen LogP contribution in [0, 0.1) is 11.3 Å². The van der Waals surface area contributed by atoms with E-state index >= 15 is 0 Å². The molecule has 0 bridgehead atoms. The molecule has 2 aromatic rings. The van der Waals surface area contributed by atoms with Crippen molar-refractivity contribution >= 4 is 5.82 Å². The van der Waals surface area contributed by atoms with Crippen molar-refractivity contribution < 1.29 is 0 Å². The maximum atomic E-state index is 8.79. The van der Waals surface area contributed by atoms with Gasteiger partial charge in [-0.1, -0.05) is 0 Å². The minimum absolute atomic E-state index is 0.598. The highest BCUT2D eigenvalue weighted by molar-refractivity contribution is 5.42. The zero-order valence-electron chi connectivity index (χ0n) is 11.7. The van der Waals surface area contributed by atoms with E-state index in [2.05, 4.69) is 30.8 Å². The van der Waals surface area contributed by atoms with Crippen molar-refractivity contribution in [3.05, 3.63) is 48.2 Å². The van der Waals surface area contributed by atoms with Crippen molar-refractivity contribution in [2.45, 2.75) is 6.54 Å². The largest absolute Gasteiger partial charge is 0.354 e. The molecule has 0 saturated carbocycles. The lowest BCUT2D eigenvalue weighted by Gasteiger charge is -2.35. The van der Waals surface area contributed by atoms with Gasteiger partial charge in [0.25, 0.3) is 0 Å². The lowest BCUT2D eigenvalue weighted by molar-refractivity contribution is 0.246. The smallest absolute Gasteiger partial charge is 0.128 e. The Morgan fingerprint density at radius 1 is 1.10 bits per heavy atom. The van der Waals surface area contributed by atoms with Gasteiger partial charge in [0.2, 0.25) is 0 Å². The summed E-state index contributed by atoms with van der Waals surface area (Å²) in [7, 11) is 0. The number of hydrogen-bond acceptors (Lipinski definition) is 6. The molecule has 21 heavy (non-hydrogen) atoms. The van der Waals surface area contributed by atoms with Crippen LogP contribution in [-0.2, 0) is 6.54 Å². The van der Waals surface area contributed by atoms with E-state index in [0.29, 0.717) is 5.56 Å². The van der Waals surface area contributed by atoms with Gasteiger partial charge >= 0.3 is 0 Å². The van der Waals surface area contributed by atoms with E-state index in [-0.39, 0.29) is 0 Å². The van der Waals surface area contributed by atoms with Crippen molar-refractivity contribution in [2.24, 2.45) is 0 Å². The van der Waals surface area contributed by atoms with Crippen molar-refractivity contribution in [3.63, 3.8) is 0 Å². The summed E-state index contributed by atoms with van der Waals surface area (Å²) >= 11 is 0. The molecule has 2 aromatic heterocycles. The number of nitriles is 1. The van der Waals surface area contributed by atoms with Gasteiger partial charge in [0, 0.05) is 45.1 Å². The summed E-state index contributed by atoms with van der Waals surface area (Å²) in [6.07, 6.45) is 4.99. The summed E-state index contributed by atoms with van der Waals surface area (Å²) in [5, 5.41) is 8.79. The average molecular weight is 280 g/mol. The fourth-order valence-electron chi connectivity index (χ4n) is 2.42. The fraction of sp³-hybridized carbons (Fsp3) is 0.333. The molecule has 3 rings (SSSR count). The van der Waals surface area contributed by atoms with E-state index in [1.54, 1.807) is 18.7 Å². The standard InChI is InChI=1S/C15H16N6/c16-9-13-1-2-15(18-10-13)21-7-5-20(6-8-21)11-14-3-4-17-12-19-14/h1-4,10,12H,5-8,11H2. The molecule has 1 fully saturated rings. The lowest BCUT2D eigenvalue weighted by atomic mass is 10.2. The number of pyridine rings is 1. The molecule has 0 aromatic carbocycles. The Hall–Kier alpha value is -2.52. The van der Waals surface area contributed by atoms with Crippen LogP contribution in [0.25, 0.3) is 0 Å². The normalized spacial score (nSPS) is 15.7. The van der Waals surface area contributed by atoms with Crippen LogP contribution in [0.5, 0.6) is 0 Å². The Labute approximate surface area is 123 Å². The molecular formula is C15H16N6. The first kappa shape index (κ1) is 13.5. The molecule has 1 aliphatic rings. The predicted octanol–water partition coefficient (Wildman–Crippen LogP) is 1.07. The van der Waals surface area contributed by atoms with Gasteiger partial charge in [0.15, 0.2) is 0 Å². The Kier molecular flexibility index (Phi) is 4.03. The molecule has 0 amide bonds. The predicted molar refractivity (Wildman–Crippen MR) is 78.5 cm³/mol. The third-order valence-corrected chi connectivity index (χ3v) is 3.60. The Morgan fingerprint density at radius 2 is 1.95 bits per heavy atom. The van der Waals surface area contributed by atoms with Crippen LogP contribution in [0.3, 0.4) is 0 Å². The Bertz CT molecular complexity index is 611. The van der Waals surface area contributed by atoms with Gasteiger partial charge < -0.3 is 4.90 Å². The van der Waals surface area contributed by atoms with Crippen LogP contribution in [-0.4, -0.2) is 46.0 Å². The van der Waals surface area contributed by atoms with E-state index < -0.39 is 0 Å². The second-order valence-electron chi connectivity index (χ2n) is 4.98. The number of aromatic nitrogens is 3. The molecule has 0 radical (unpaired) electrons. The van der Waals surface area contributed by atoms with Crippen LogP contribution in [0.15, 0.2) is 36.9 Å². The van der Waals surface area contributed by atoms with Gasteiger partial charge in [-0.2, -0.15) is 5.26 Å². The minimum atomic E-state index is 0.598. The van der Waals surface area contributed by atoms with Crippen LogP contribution in [0.2, 0.25) is 0 Å². The maximum absolute atomic E-state index is 8.79. The Morgan fingerprint density at radius 3 is 2.57 bits per heavy atom. The SMILES string of the molecule is N#Cc1ccc(N2CCN(Cc3ccncn3)CC2)nc1. The zero-order chi connectivity index (χ0) is 14.5. The second-order valence-corrected chi connectivity index (χ2v) is 4.98. The molecule has 0 spiro atoms. The summed E-state index contributed by atoms with van der Waals surface area (Å²) < 4.78 is 0. The van der Waals surface area contributed by atoms with Crippen molar-refractivity contribution in [1.29, 1.82) is 5.26 Å². The number of hydrogen-bond donors (Lipinski definition) is 0. The van der Waals surface area contributed by atoms with Crippen LogP contribution >= 0.6 is 0 Å². The number of piperazine rings is 1. The third-order valence-electron chi connectivity index (χ3n) is 3.60. The summed E-state index contributed by atoms with van der Waals surface area (Å²) in [6.45, 7) is 4.68. The van der Waals surface area contributed by atoms with Crippen LogP contribution < -0.4 is 4.90 Å². The summed E-state index contributed by atoms with van der Waals surface area (Å²) in [4.78, 5) is 17.2. The molecule has 1 saturated heterocycles. The van der Waals surface area contributed by atoms with E-state index in [0.717, 1.165) is 44.2 Å². The monoisotopic (exact) mass is 280 g/mol. The fourth-order valence-corrected chi connectivity index (χ4v) is 2.42. The molecule has 0 unspecified atom stereocenters. The Balaban J connectivity index is 1.56. The number of nitrogens with zero attached hydrogens (tertiary/aromatic N) is 6. The minimum Gasteiger partial charge on any atom is -0.354 e. The van der Waals surface area contributed by atoms with E-state index in [9.17, 15) is 0 Å². The summed E-state index contributed by atoms with van der Waals surface area (Å²) in [6, 6.07) is 7.77. The van der Waals surface area contributed by atoms with Crippen LogP contribution in [0.1, 0.15) is 11.3 Å². The topological polar surface area (TPSA) is 68.9 Å². The lowest BCUT2D eigenvalue weighted by Crippen LogP contribution is -2.46. The first-order chi connectivity index (χ1) is 10.3. The van der Waals surface area contributed by atoms with Gasteiger partial charge in [-0.15, -0.1) is 0 Å². The number of rotatable bonds is 3. The van der Waals surface area contributed by atoms with Crippen molar-refractivity contribution in [3.8, 4) is 6.07 Å². The molecule has 3 heterocycles. The maximum Gasteiger partial charge on any atom is 0.128 e. The highest BCUT2D eigenvalue weighted by Gasteiger charge is 2.18. The first-order valence-corrected chi connectivity index (χ1v) is 6.93. The summed E-state index contributed by atoms with van der Waals surface area (Å²) in [5.41, 5.74) is 1.65. The van der Waals surface area contributed by atoms with E-state index in [1.807, 2.05) is 18.2 Å². The van der Waals surface area contributed by atoms with Gasteiger partial charge in [0.1, 0.15) is 18.2 Å². The molecule has 6 nitrogen and oxygen atoms in total. The first-order valence-electron chi connectivity index (χ1n) is 6.93. The van der Waals surface area contributed by atoms with Crippen LogP contribution in [0.4, 0.5) is 5.82 Å². The third kappa shape index (κ3) is 3.33. The highest BCUT2D eigenvalue weighted by atomic mass is 15.3. The van der Waals surface area contributed by atoms with Gasteiger partial charge in [-0.3, -0.25) is 4.90 Å². The van der Waals surface area contributed by atoms with E-state index in [4.69, 9.17) is 5.26 Å². The van der Waals surface area contributed by atoms with E-state index in [1.165, 1.54) is 0 Å². The molecule has 106 valence electrons. The van der Waals surface area contributed by atoms with Gasteiger partial charge in [-0.25, -0.2) is 15.0 Å². The molecule has 1 aliphatic heterocycles.